The van der Waals surface area contributed by atoms with E-state index in [-0.39, 0.29) is 17.9 Å². The van der Waals surface area contributed by atoms with Gasteiger partial charge in [-0.05, 0) is 36.8 Å². The molecule has 2 aromatic carbocycles. The van der Waals surface area contributed by atoms with Gasteiger partial charge >= 0.3 is 5.97 Å². The van der Waals surface area contributed by atoms with Gasteiger partial charge in [-0.25, -0.2) is 0 Å². The Morgan fingerprint density at radius 3 is 2.60 bits per heavy atom. The van der Waals surface area contributed by atoms with Crippen LogP contribution in [0.1, 0.15) is 33.8 Å². The number of benzene rings is 2. The quantitative estimate of drug-likeness (QED) is 0.882. The summed E-state index contributed by atoms with van der Waals surface area (Å²) in [6.45, 7) is 0.280. The van der Waals surface area contributed by atoms with Crippen LogP contribution in [-0.4, -0.2) is 23.6 Å². The van der Waals surface area contributed by atoms with Crippen molar-refractivity contribution in [1.29, 1.82) is 5.26 Å². The van der Waals surface area contributed by atoms with Crippen molar-refractivity contribution in [2.75, 3.05) is 6.61 Å². The maximum atomic E-state index is 11.4. The summed E-state index contributed by atoms with van der Waals surface area (Å²) < 4.78 is 11.2. The van der Waals surface area contributed by atoms with Gasteiger partial charge in [-0.15, -0.1) is 0 Å². The molecule has 0 bridgehead atoms. The Morgan fingerprint density at radius 1 is 1.28 bits per heavy atom. The van der Waals surface area contributed by atoms with E-state index in [1.807, 2.05) is 6.07 Å². The molecule has 1 heterocycles. The molecule has 3 rings (SSSR count). The molecule has 25 heavy (non-hydrogen) atoms. The van der Waals surface area contributed by atoms with Crippen LogP contribution in [0.4, 0.5) is 0 Å². The third kappa shape index (κ3) is 3.23. The lowest BCUT2D eigenvalue weighted by molar-refractivity contribution is -0.139. The summed E-state index contributed by atoms with van der Waals surface area (Å²) in [5.74, 6) is -1.16. The van der Waals surface area contributed by atoms with Crippen LogP contribution in [-0.2, 0) is 4.79 Å². The van der Waals surface area contributed by atoms with E-state index in [4.69, 9.17) is 15.2 Å². The number of nitrogens with two attached hydrogens (primary N) is 1. The van der Waals surface area contributed by atoms with Crippen molar-refractivity contribution in [3.8, 4) is 23.3 Å². The van der Waals surface area contributed by atoms with Crippen molar-refractivity contribution < 1.29 is 24.2 Å². The monoisotopic (exact) mass is 338 g/mol. The van der Waals surface area contributed by atoms with Gasteiger partial charge in [-0.3, -0.25) is 9.59 Å². The molecule has 2 aromatic rings. The zero-order chi connectivity index (χ0) is 18.0. The normalized spacial score (nSPS) is 15.4. The summed E-state index contributed by atoms with van der Waals surface area (Å²) in [5, 5.41) is 18.7. The number of hydrogen-bond donors (Lipinski definition) is 2. The Kier molecular flexibility index (Phi) is 4.27. The van der Waals surface area contributed by atoms with Crippen LogP contribution < -0.4 is 15.2 Å². The highest BCUT2D eigenvalue weighted by molar-refractivity contribution is 5.92. The molecule has 1 amide bonds. The fraction of sp³-hybridized carbons (Fsp3) is 0.167. The SMILES string of the molecule is N#Cc1cc2c(cc1Oc1ccc(C(N)=O)cc1)OCCC2C(=O)O. The number of fused-ring (bicyclic) bond motifs is 1. The molecule has 0 aromatic heterocycles. The Bertz CT molecular complexity index is 884. The lowest BCUT2D eigenvalue weighted by Gasteiger charge is -2.24. The number of primary amides is 1. The highest BCUT2D eigenvalue weighted by Crippen LogP contribution is 2.39. The number of aliphatic carboxylic acids is 1. The van der Waals surface area contributed by atoms with Gasteiger partial charge in [0.1, 0.15) is 23.3 Å². The van der Waals surface area contributed by atoms with Crippen LogP contribution in [0.2, 0.25) is 0 Å². The van der Waals surface area contributed by atoms with Gasteiger partial charge < -0.3 is 20.3 Å². The summed E-state index contributed by atoms with van der Waals surface area (Å²) in [7, 11) is 0. The molecule has 0 fully saturated rings. The van der Waals surface area contributed by atoms with Crippen molar-refractivity contribution in [2.24, 2.45) is 5.73 Å². The minimum Gasteiger partial charge on any atom is -0.493 e. The maximum absolute atomic E-state index is 11.4. The fourth-order valence-corrected chi connectivity index (χ4v) is 2.66. The number of hydrogen-bond acceptors (Lipinski definition) is 5. The second-order valence-electron chi connectivity index (χ2n) is 5.52. The first-order valence-electron chi connectivity index (χ1n) is 7.51. The lowest BCUT2D eigenvalue weighted by atomic mass is 9.91. The van der Waals surface area contributed by atoms with Crippen LogP contribution in [0.5, 0.6) is 17.2 Å². The summed E-state index contributed by atoms with van der Waals surface area (Å²) >= 11 is 0. The Balaban J connectivity index is 1.95. The Labute approximate surface area is 143 Å². The van der Waals surface area contributed by atoms with Crippen molar-refractivity contribution in [1.82, 2.24) is 0 Å². The predicted octanol–water partition coefficient (Wildman–Crippen LogP) is 2.40. The van der Waals surface area contributed by atoms with Crippen LogP contribution in [0.3, 0.4) is 0 Å². The van der Waals surface area contributed by atoms with Crippen molar-refractivity contribution in [2.45, 2.75) is 12.3 Å². The predicted molar refractivity (Wildman–Crippen MR) is 86.7 cm³/mol. The van der Waals surface area contributed by atoms with Crippen LogP contribution in [0.25, 0.3) is 0 Å². The van der Waals surface area contributed by atoms with E-state index in [0.29, 0.717) is 29.0 Å². The first-order valence-corrected chi connectivity index (χ1v) is 7.51. The molecule has 0 saturated carbocycles. The number of carboxylic acid groups (broad SMARTS) is 1. The first-order chi connectivity index (χ1) is 12.0. The van der Waals surface area contributed by atoms with Crippen LogP contribution in [0, 0.1) is 11.3 Å². The van der Waals surface area contributed by atoms with E-state index in [9.17, 15) is 20.0 Å². The number of nitriles is 1. The lowest BCUT2D eigenvalue weighted by Crippen LogP contribution is -2.21. The number of ether oxygens (including phenoxy) is 2. The Morgan fingerprint density at radius 2 is 2.00 bits per heavy atom. The van der Waals surface area contributed by atoms with E-state index in [1.54, 1.807) is 12.1 Å². The topological polar surface area (TPSA) is 123 Å². The zero-order valence-electron chi connectivity index (χ0n) is 13.1. The Hall–Kier alpha value is -3.53. The van der Waals surface area contributed by atoms with E-state index in [2.05, 4.69) is 0 Å². The largest absolute Gasteiger partial charge is 0.493 e. The minimum absolute atomic E-state index is 0.203. The maximum Gasteiger partial charge on any atom is 0.311 e. The number of carboxylic acids is 1. The van der Waals surface area contributed by atoms with Gasteiger partial charge in [-0.2, -0.15) is 5.26 Å². The molecule has 3 N–H and O–H groups in total. The van der Waals surface area contributed by atoms with E-state index < -0.39 is 17.8 Å². The van der Waals surface area contributed by atoms with Gasteiger partial charge in [0.15, 0.2) is 0 Å². The van der Waals surface area contributed by atoms with Gasteiger partial charge in [-0.1, -0.05) is 0 Å². The molecule has 1 atom stereocenters. The number of carbonyl (C=O) groups excluding carboxylic acids is 1. The third-order valence-electron chi connectivity index (χ3n) is 3.94. The van der Waals surface area contributed by atoms with Gasteiger partial charge in [0.05, 0.1) is 18.1 Å². The summed E-state index contributed by atoms with van der Waals surface area (Å²) in [6, 6.07) is 11.2. The molecule has 0 spiro atoms. The summed E-state index contributed by atoms with van der Waals surface area (Å²) in [6.07, 6.45) is 0.349. The van der Waals surface area contributed by atoms with E-state index >= 15 is 0 Å². The third-order valence-corrected chi connectivity index (χ3v) is 3.94. The molecule has 0 aliphatic carbocycles. The fourth-order valence-electron chi connectivity index (χ4n) is 2.66. The minimum atomic E-state index is -0.954. The molecule has 126 valence electrons. The smallest absolute Gasteiger partial charge is 0.311 e. The zero-order valence-corrected chi connectivity index (χ0v) is 13.1. The number of carbonyl (C=O) groups is 2. The average molecular weight is 338 g/mol. The molecule has 0 radical (unpaired) electrons. The van der Waals surface area contributed by atoms with E-state index in [0.717, 1.165) is 0 Å². The van der Waals surface area contributed by atoms with Gasteiger partial charge in [0.2, 0.25) is 5.91 Å². The molecular formula is C18H14N2O5. The highest BCUT2D eigenvalue weighted by Gasteiger charge is 2.29. The van der Waals surface area contributed by atoms with Gasteiger partial charge in [0, 0.05) is 17.2 Å². The van der Waals surface area contributed by atoms with Crippen molar-refractivity contribution in [3.05, 3.63) is 53.1 Å². The van der Waals surface area contributed by atoms with E-state index in [1.165, 1.54) is 24.3 Å². The molecule has 7 nitrogen and oxygen atoms in total. The molecular weight excluding hydrogens is 324 g/mol. The molecule has 1 aliphatic heterocycles. The standard InChI is InChI=1S/C18H14N2O5/c19-9-11-7-14-13(18(22)23)5-6-24-16(14)8-15(11)25-12-3-1-10(2-4-12)17(20)21/h1-4,7-8,13H,5-6H2,(H2,20,21)(H,22,23). The van der Waals surface area contributed by atoms with Crippen molar-refractivity contribution >= 4 is 11.9 Å². The number of nitrogens with zero attached hydrogens (tertiary/aromatic N) is 1. The van der Waals surface area contributed by atoms with Crippen molar-refractivity contribution in [3.63, 3.8) is 0 Å². The van der Waals surface area contributed by atoms with Gasteiger partial charge in [0.25, 0.3) is 0 Å². The second kappa shape index (κ2) is 6.53. The second-order valence-corrected chi connectivity index (χ2v) is 5.52. The number of rotatable bonds is 4. The molecule has 1 unspecified atom stereocenters. The highest BCUT2D eigenvalue weighted by atomic mass is 16.5. The molecule has 7 heteroatoms. The summed E-state index contributed by atoms with van der Waals surface area (Å²) in [4.78, 5) is 22.5. The molecule has 1 aliphatic rings. The number of amides is 1. The van der Waals surface area contributed by atoms with Crippen LogP contribution >= 0.6 is 0 Å². The summed E-state index contributed by atoms with van der Waals surface area (Å²) in [5.41, 5.74) is 6.20. The molecule has 0 saturated heterocycles. The first kappa shape index (κ1) is 16.3. The van der Waals surface area contributed by atoms with Crippen LogP contribution in [0.15, 0.2) is 36.4 Å². The average Bonchev–Trinajstić information content (AvgIpc) is 2.60.